The molecule has 2 aromatic rings. The van der Waals surface area contributed by atoms with Crippen LogP contribution < -0.4 is 0 Å². The molecule has 2 rings (SSSR count). The maximum atomic E-state index is 13.0. The number of aromatic nitrogens is 1. The number of aryl methyl sites for hydroxylation is 1. The summed E-state index contributed by atoms with van der Waals surface area (Å²) in [4.78, 5) is 10.9. The first-order chi connectivity index (χ1) is 11.7. The molecule has 134 valence electrons. The molecular formula is C19H25N3O2S. The summed E-state index contributed by atoms with van der Waals surface area (Å²) < 4.78 is 26.0. The van der Waals surface area contributed by atoms with Crippen LogP contribution in [0.25, 0.3) is 0 Å². The number of amidine groups is 1. The van der Waals surface area contributed by atoms with Crippen LogP contribution in [0.3, 0.4) is 0 Å². The molecule has 0 saturated heterocycles. The highest BCUT2D eigenvalue weighted by Gasteiger charge is 2.29. The van der Waals surface area contributed by atoms with E-state index >= 15 is 0 Å². The Morgan fingerprint density at radius 2 is 1.72 bits per heavy atom. The van der Waals surface area contributed by atoms with Crippen molar-refractivity contribution in [3.8, 4) is 0 Å². The monoisotopic (exact) mass is 359 g/mol. The number of nitrogens with zero attached hydrogens (tertiary/aromatic N) is 3. The molecule has 0 radical (unpaired) electrons. The van der Waals surface area contributed by atoms with Crippen LogP contribution in [0.2, 0.25) is 0 Å². The van der Waals surface area contributed by atoms with Crippen LogP contribution in [-0.4, -0.2) is 42.6 Å². The van der Waals surface area contributed by atoms with Crippen LogP contribution in [0.1, 0.15) is 32.0 Å². The Morgan fingerprint density at radius 3 is 2.24 bits per heavy atom. The van der Waals surface area contributed by atoms with Crippen LogP contribution in [0, 0.1) is 6.92 Å². The van der Waals surface area contributed by atoms with Crippen LogP contribution in [0.4, 0.5) is 0 Å². The van der Waals surface area contributed by atoms with E-state index in [-0.39, 0.29) is 6.04 Å². The van der Waals surface area contributed by atoms with Crippen LogP contribution in [0.5, 0.6) is 0 Å². The first-order valence-corrected chi connectivity index (χ1v) is 9.80. The van der Waals surface area contributed by atoms with Crippen molar-refractivity contribution in [2.45, 2.75) is 44.0 Å². The molecule has 1 heterocycles. The Hall–Kier alpha value is -2.21. The highest BCUT2D eigenvalue weighted by Crippen LogP contribution is 2.20. The van der Waals surface area contributed by atoms with Gasteiger partial charge in [-0.3, -0.25) is 9.98 Å². The van der Waals surface area contributed by atoms with Gasteiger partial charge in [-0.1, -0.05) is 23.8 Å². The summed E-state index contributed by atoms with van der Waals surface area (Å²) in [6, 6.07) is 12.5. The van der Waals surface area contributed by atoms with Gasteiger partial charge in [-0.2, -0.15) is 0 Å². The Balaban J connectivity index is 2.41. The van der Waals surface area contributed by atoms with Crippen molar-refractivity contribution in [2.75, 3.05) is 7.05 Å². The van der Waals surface area contributed by atoms with Crippen molar-refractivity contribution >= 4 is 15.7 Å². The third kappa shape index (κ3) is 4.45. The summed E-state index contributed by atoms with van der Waals surface area (Å²) >= 11 is 0. The molecule has 1 unspecified atom stereocenters. The van der Waals surface area contributed by atoms with E-state index in [0.717, 1.165) is 5.56 Å². The summed E-state index contributed by atoms with van der Waals surface area (Å²) in [6.07, 6.45) is 1.68. The van der Waals surface area contributed by atoms with Crippen LogP contribution in [0.15, 0.2) is 58.5 Å². The van der Waals surface area contributed by atoms with Crippen molar-refractivity contribution in [3.05, 3.63) is 59.9 Å². The molecule has 1 aromatic heterocycles. The van der Waals surface area contributed by atoms with E-state index in [9.17, 15) is 8.42 Å². The van der Waals surface area contributed by atoms with E-state index in [1.165, 1.54) is 0 Å². The van der Waals surface area contributed by atoms with Crippen molar-refractivity contribution in [1.82, 2.24) is 9.88 Å². The van der Waals surface area contributed by atoms with Gasteiger partial charge in [-0.05, 0) is 52.0 Å². The lowest BCUT2D eigenvalue weighted by Crippen LogP contribution is -2.41. The van der Waals surface area contributed by atoms with Gasteiger partial charge >= 0.3 is 0 Å². The molecule has 0 spiro atoms. The molecule has 25 heavy (non-hydrogen) atoms. The minimum absolute atomic E-state index is 0.0220. The number of aliphatic imine (C=N–C) groups is 1. The third-order valence-electron chi connectivity index (χ3n) is 3.95. The molecule has 0 aliphatic carbocycles. The molecule has 5 nitrogen and oxygen atoms in total. The van der Waals surface area contributed by atoms with Gasteiger partial charge in [0.15, 0.2) is 15.7 Å². The van der Waals surface area contributed by atoms with Gasteiger partial charge in [0.05, 0.1) is 4.90 Å². The molecule has 0 saturated carbocycles. The fraction of sp³-hybridized carbons (Fsp3) is 0.368. The summed E-state index contributed by atoms with van der Waals surface area (Å²) in [6.45, 7) is 7.51. The average Bonchev–Trinajstić information content (AvgIpc) is 2.59. The molecule has 0 fully saturated rings. The summed E-state index contributed by atoms with van der Waals surface area (Å²) in [5, 5.41) is -0.769. The van der Waals surface area contributed by atoms with E-state index in [1.54, 1.807) is 37.2 Å². The van der Waals surface area contributed by atoms with Crippen LogP contribution >= 0.6 is 0 Å². The fourth-order valence-corrected chi connectivity index (χ4v) is 3.81. The first kappa shape index (κ1) is 19.1. The fourth-order valence-electron chi connectivity index (χ4n) is 2.38. The smallest absolute Gasteiger partial charge is 0.199 e. The molecular weight excluding hydrogens is 334 g/mol. The molecule has 0 aliphatic heterocycles. The lowest BCUT2D eigenvalue weighted by Gasteiger charge is -2.28. The maximum Gasteiger partial charge on any atom is 0.199 e. The average molecular weight is 359 g/mol. The van der Waals surface area contributed by atoms with Gasteiger partial charge in [0.2, 0.25) is 0 Å². The van der Waals surface area contributed by atoms with Gasteiger partial charge in [0.1, 0.15) is 11.1 Å². The van der Waals surface area contributed by atoms with Crippen molar-refractivity contribution in [3.63, 3.8) is 0 Å². The zero-order valence-electron chi connectivity index (χ0n) is 15.3. The van der Waals surface area contributed by atoms with E-state index in [0.29, 0.717) is 16.4 Å². The second-order valence-corrected chi connectivity index (χ2v) is 8.57. The minimum Gasteiger partial charge on any atom is -0.341 e. The summed E-state index contributed by atoms with van der Waals surface area (Å²) in [7, 11) is -1.78. The predicted molar refractivity (Wildman–Crippen MR) is 101 cm³/mol. The quantitative estimate of drug-likeness (QED) is 0.607. The lowest BCUT2D eigenvalue weighted by molar-refractivity contribution is 0.457. The van der Waals surface area contributed by atoms with Gasteiger partial charge in [0.25, 0.3) is 0 Å². The third-order valence-corrected chi connectivity index (χ3v) is 6.10. The summed E-state index contributed by atoms with van der Waals surface area (Å²) in [5.41, 5.74) is 1.68. The Labute approximate surface area is 150 Å². The second-order valence-electron chi connectivity index (χ2n) is 6.33. The lowest BCUT2D eigenvalue weighted by atomic mass is 10.2. The predicted octanol–water partition coefficient (Wildman–Crippen LogP) is 3.30. The highest BCUT2D eigenvalue weighted by molar-refractivity contribution is 7.92. The van der Waals surface area contributed by atoms with Crippen molar-refractivity contribution in [2.24, 2.45) is 4.99 Å². The summed E-state index contributed by atoms with van der Waals surface area (Å²) in [5.74, 6) is 0.568. The van der Waals surface area contributed by atoms with Crippen LogP contribution in [-0.2, 0) is 9.84 Å². The topological polar surface area (TPSA) is 62.6 Å². The second kappa shape index (κ2) is 7.78. The van der Waals surface area contributed by atoms with Crippen molar-refractivity contribution in [1.29, 1.82) is 0 Å². The number of sulfone groups is 1. The highest BCUT2D eigenvalue weighted by atomic mass is 32.2. The molecule has 1 atom stereocenters. The zero-order chi connectivity index (χ0) is 18.6. The first-order valence-electron chi connectivity index (χ1n) is 8.26. The number of hydrogen-bond acceptors (Lipinski definition) is 4. The number of pyridine rings is 1. The number of hydrogen-bond donors (Lipinski definition) is 0. The molecule has 0 bridgehead atoms. The van der Waals surface area contributed by atoms with Crippen molar-refractivity contribution < 1.29 is 8.42 Å². The Morgan fingerprint density at radius 1 is 1.08 bits per heavy atom. The SMILES string of the molecule is Cc1ccc(S(=O)(=O)C(C)N(C)/C(=N\C(C)C)c2ccccn2)cc1. The molecule has 6 heteroatoms. The van der Waals surface area contributed by atoms with E-state index < -0.39 is 15.2 Å². The van der Waals surface area contributed by atoms with Gasteiger partial charge in [-0.15, -0.1) is 0 Å². The van der Waals surface area contributed by atoms with E-state index in [2.05, 4.69) is 9.98 Å². The Bertz CT molecular complexity index is 829. The largest absolute Gasteiger partial charge is 0.341 e. The minimum atomic E-state index is -3.53. The van der Waals surface area contributed by atoms with Gasteiger partial charge < -0.3 is 4.90 Å². The molecule has 0 N–H and O–H groups in total. The normalized spacial score (nSPS) is 13.8. The Kier molecular flexibility index (Phi) is 5.95. The standard InChI is InChI=1S/C19H25N3O2S/c1-14(2)21-19(18-8-6-7-13-20-18)22(5)16(4)25(23,24)17-11-9-15(3)10-12-17/h6-14,16H,1-5H3/b21-19-. The zero-order valence-corrected chi connectivity index (χ0v) is 16.2. The van der Waals surface area contributed by atoms with E-state index in [4.69, 9.17) is 0 Å². The van der Waals surface area contributed by atoms with Gasteiger partial charge in [-0.25, -0.2) is 8.42 Å². The molecule has 1 aromatic carbocycles. The number of rotatable bonds is 5. The maximum absolute atomic E-state index is 13.0. The van der Waals surface area contributed by atoms with E-state index in [1.807, 2.05) is 51.1 Å². The van der Waals surface area contributed by atoms with Gasteiger partial charge in [0, 0.05) is 19.3 Å². The number of benzene rings is 1. The molecule has 0 amide bonds. The molecule has 0 aliphatic rings.